The summed E-state index contributed by atoms with van der Waals surface area (Å²) in [5, 5.41) is 11.1. The van der Waals surface area contributed by atoms with Gasteiger partial charge in [0.1, 0.15) is 5.56 Å². The van der Waals surface area contributed by atoms with Gasteiger partial charge in [0, 0.05) is 25.2 Å². The molecule has 0 radical (unpaired) electrons. The van der Waals surface area contributed by atoms with Crippen molar-refractivity contribution in [3.8, 4) is 11.5 Å². The average molecular weight is 373 g/mol. The van der Waals surface area contributed by atoms with Gasteiger partial charge in [0.25, 0.3) is 11.6 Å². The van der Waals surface area contributed by atoms with E-state index in [2.05, 4.69) is 4.99 Å². The zero-order valence-electron chi connectivity index (χ0n) is 14.3. The number of thiazole rings is 1. The molecule has 1 amide bonds. The molecule has 1 aromatic heterocycles. The summed E-state index contributed by atoms with van der Waals surface area (Å²) in [6.45, 7) is 0. The Kier molecular flexibility index (Phi) is 4.72. The van der Waals surface area contributed by atoms with Gasteiger partial charge in [-0.2, -0.15) is 4.99 Å². The summed E-state index contributed by atoms with van der Waals surface area (Å²) in [5.41, 5.74) is 0.486. The second kappa shape index (κ2) is 6.96. The van der Waals surface area contributed by atoms with E-state index in [0.29, 0.717) is 16.3 Å². The van der Waals surface area contributed by atoms with E-state index in [4.69, 9.17) is 9.47 Å². The van der Waals surface area contributed by atoms with Crippen LogP contribution in [-0.4, -0.2) is 29.6 Å². The fraction of sp³-hybridized carbons (Fsp3) is 0.176. The maximum Gasteiger partial charge on any atom is 0.286 e. The maximum absolute atomic E-state index is 12.5. The van der Waals surface area contributed by atoms with Crippen LogP contribution in [0.2, 0.25) is 0 Å². The van der Waals surface area contributed by atoms with E-state index in [1.165, 1.54) is 29.5 Å². The molecule has 0 saturated carbocycles. The molecule has 0 N–H and O–H groups in total. The maximum atomic E-state index is 12.5. The molecule has 0 spiro atoms. The number of fused-ring (bicyclic) bond motifs is 1. The molecule has 0 aliphatic rings. The molecule has 0 aliphatic carbocycles. The molecule has 2 aromatic carbocycles. The number of carbonyl (C=O) groups excluding carboxylic acids is 1. The summed E-state index contributed by atoms with van der Waals surface area (Å²) >= 11 is 1.28. The highest BCUT2D eigenvalue weighted by atomic mass is 32.1. The van der Waals surface area contributed by atoms with E-state index in [9.17, 15) is 14.9 Å². The van der Waals surface area contributed by atoms with Crippen LogP contribution in [0.5, 0.6) is 11.5 Å². The van der Waals surface area contributed by atoms with Gasteiger partial charge in [-0.25, -0.2) is 0 Å². The van der Waals surface area contributed by atoms with Crippen molar-refractivity contribution in [2.24, 2.45) is 12.0 Å². The molecule has 8 nitrogen and oxygen atoms in total. The molecule has 0 saturated heterocycles. The standard InChI is InChI=1S/C17H15N3O5S/c1-19-12-8-13(24-2)14(25-3)9-15(12)26-17(19)18-16(21)10-6-4-5-7-11(10)20(22)23/h4-9H,1-3H3. The molecule has 0 fully saturated rings. The van der Waals surface area contributed by atoms with Crippen LogP contribution in [0, 0.1) is 10.1 Å². The van der Waals surface area contributed by atoms with Crippen molar-refractivity contribution in [1.29, 1.82) is 0 Å². The number of rotatable bonds is 4. The molecule has 134 valence electrons. The SMILES string of the molecule is COc1cc2sc(=NC(=O)c3ccccc3[N+](=O)[O-])n(C)c2cc1OC. The summed E-state index contributed by atoms with van der Waals surface area (Å²) in [4.78, 5) is 27.5. The predicted molar refractivity (Wildman–Crippen MR) is 96.9 cm³/mol. The summed E-state index contributed by atoms with van der Waals surface area (Å²) < 4.78 is 13.2. The number of para-hydroxylation sites is 1. The monoisotopic (exact) mass is 373 g/mol. The minimum Gasteiger partial charge on any atom is -0.493 e. The molecule has 1 heterocycles. The fourth-order valence-corrected chi connectivity index (χ4v) is 3.55. The number of carbonyl (C=O) groups is 1. The number of hydrogen-bond acceptors (Lipinski definition) is 6. The van der Waals surface area contributed by atoms with Crippen molar-refractivity contribution in [2.45, 2.75) is 0 Å². The Morgan fingerprint density at radius 2 is 1.85 bits per heavy atom. The summed E-state index contributed by atoms with van der Waals surface area (Å²) in [5.74, 6) is 0.460. The average Bonchev–Trinajstić information content (AvgIpc) is 2.95. The molecule has 0 aliphatic heterocycles. The number of nitro groups is 1. The van der Waals surface area contributed by atoms with E-state index in [1.54, 1.807) is 44.0 Å². The molecule has 3 rings (SSSR count). The van der Waals surface area contributed by atoms with Gasteiger partial charge in [0.05, 0.1) is 29.4 Å². The Labute approximate surface area is 152 Å². The third-order valence-corrected chi connectivity index (χ3v) is 4.94. The van der Waals surface area contributed by atoms with Gasteiger partial charge in [-0.1, -0.05) is 23.5 Å². The molecule has 3 aromatic rings. The van der Waals surface area contributed by atoms with Gasteiger partial charge in [-0.15, -0.1) is 0 Å². The third kappa shape index (κ3) is 3.04. The number of hydrogen-bond donors (Lipinski definition) is 0. The minimum atomic E-state index is -0.668. The summed E-state index contributed by atoms with van der Waals surface area (Å²) in [6.07, 6.45) is 0. The Morgan fingerprint density at radius 1 is 1.19 bits per heavy atom. The van der Waals surface area contributed by atoms with E-state index in [0.717, 1.165) is 10.2 Å². The lowest BCUT2D eigenvalue weighted by Crippen LogP contribution is -2.14. The normalized spacial score (nSPS) is 11.6. The topological polar surface area (TPSA) is 96.0 Å². The van der Waals surface area contributed by atoms with E-state index in [1.807, 2.05) is 0 Å². The van der Waals surface area contributed by atoms with E-state index < -0.39 is 10.8 Å². The number of nitrogens with zero attached hydrogens (tertiary/aromatic N) is 3. The van der Waals surface area contributed by atoms with Crippen molar-refractivity contribution in [1.82, 2.24) is 4.57 Å². The Balaban J connectivity index is 2.15. The number of ether oxygens (including phenoxy) is 2. The smallest absolute Gasteiger partial charge is 0.286 e. The molecule has 0 atom stereocenters. The molecule has 9 heteroatoms. The third-order valence-electron chi connectivity index (χ3n) is 3.84. The molecular formula is C17H15N3O5S. The minimum absolute atomic E-state index is 0.0508. The van der Waals surface area contributed by atoms with Crippen LogP contribution in [0.25, 0.3) is 10.2 Å². The van der Waals surface area contributed by atoms with Crippen molar-refractivity contribution in [3.05, 3.63) is 56.9 Å². The predicted octanol–water partition coefficient (Wildman–Crippen LogP) is 2.91. The van der Waals surface area contributed by atoms with E-state index >= 15 is 0 Å². The fourth-order valence-electron chi connectivity index (χ4n) is 2.52. The van der Waals surface area contributed by atoms with Crippen LogP contribution in [0.4, 0.5) is 5.69 Å². The Morgan fingerprint density at radius 3 is 2.50 bits per heavy atom. The number of aryl methyl sites for hydroxylation is 1. The first-order valence-electron chi connectivity index (χ1n) is 7.50. The number of benzene rings is 2. The second-order valence-corrected chi connectivity index (χ2v) is 6.32. The van der Waals surface area contributed by atoms with Gasteiger partial charge in [0.2, 0.25) is 0 Å². The van der Waals surface area contributed by atoms with Crippen LogP contribution >= 0.6 is 11.3 Å². The largest absolute Gasteiger partial charge is 0.493 e. The van der Waals surface area contributed by atoms with Crippen molar-refractivity contribution in [3.63, 3.8) is 0 Å². The van der Waals surface area contributed by atoms with Crippen molar-refractivity contribution >= 4 is 33.1 Å². The molecule has 0 unspecified atom stereocenters. The van der Waals surface area contributed by atoms with Crippen molar-refractivity contribution in [2.75, 3.05) is 14.2 Å². The first-order chi connectivity index (χ1) is 12.5. The van der Waals surface area contributed by atoms with E-state index in [-0.39, 0.29) is 11.3 Å². The quantitative estimate of drug-likeness (QED) is 0.517. The van der Waals surface area contributed by atoms with Crippen LogP contribution in [-0.2, 0) is 7.05 Å². The summed E-state index contributed by atoms with van der Waals surface area (Å²) in [7, 11) is 4.84. The molecular weight excluding hydrogens is 358 g/mol. The Hall–Kier alpha value is -3.20. The van der Waals surface area contributed by atoms with Gasteiger partial charge < -0.3 is 14.0 Å². The van der Waals surface area contributed by atoms with Crippen molar-refractivity contribution < 1.29 is 19.2 Å². The Bertz CT molecular complexity index is 1080. The lowest BCUT2D eigenvalue weighted by Gasteiger charge is -2.07. The second-order valence-electron chi connectivity index (χ2n) is 5.31. The van der Waals surface area contributed by atoms with Gasteiger partial charge >= 0.3 is 0 Å². The summed E-state index contributed by atoms with van der Waals surface area (Å²) in [6, 6.07) is 9.34. The molecule has 0 bridgehead atoms. The molecule has 26 heavy (non-hydrogen) atoms. The van der Waals surface area contributed by atoms with Crippen LogP contribution in [0.3, 0.4) is 0 Å². The number of aromatic nitrogens is 1. The number of nitro benzene ring substituents is 1. The highest BCUT2D eigenvalue weighted by Crippen LogP contribution is 2.33. The zero-order chi connectivity index (χ0) is 18.8. The first-order valence-corrected chi connectivity index (χ1v) is 8.32. The highest BCUT2D eigenvalue weighted by Gasteiger charge is 2.19. The first kappa shape index (κ1) is 17.6. The highest BCUT2D eigenvalue weighted by molar-refractivity contribution is 7.16. The zero-order valence-corrected chi connectivity index (χ0v) is 15.1. The number of amides is 1. The van der Waals surface area contributed by atoms with Crippen LogP contribution in [0.15, 0.2) is 41.4 Å². The lowest BCUT2D eigenvalue weighted by molar-refractivity contribution is -0.385. The lowest BCUT2D eigenvalue weighted by atomic mass is 10.2. The van der Waals surface area contributed by atoms with Gasteiger partial charge in [-0.3, -0.25) is 14.9 Å². The van der Waals surface area contributed by atoms with Gasteiger partial charge in [-0.05, 0) is 6.07 Å². The van der Waals surface area contributed by atoms with Crippen LogP contribution < -0.4 is 14.3 Å². The number of methoxy groups -OCH3 is 2. The van der Waals surface area contributed by atoms with Gasteiger partial charge in [0.15, 0.2) is 16.3 Å². The van der Waals surface area contributed by atoms with Crippen LogP contribution in [0.1, 0.15) is 10.4 Å².